The Hall–Kier alpha value is -0.590. The summed E-state index contributed by atoms with van der Waals surface area (Å²) in [5, 5.41) is 0. The van der Waals surface area contributed by atoms with E-state index < -0.39 is 0 Å². The van der Waals surface area contributed by atoms with Gasteiger partial charge in [-0.05, 0) is 74.5 Å². The lowest BCUT2D eigenvalue weighted by Crippen LogP contribution is -2.48. The third-order valence-electron chi connectivity index (χ3n) is 7.47. The van der Waals surface area contributed by atoms with Crippen molar-refractivity contribution in [2.45, 2.75) is 99.3 Å². The number of hydrogen-bond donors (Lipinski definition) is 0. The van der Waals surface area contributed by atoms with Crippen LogP contribution in [0.3, 0.4) is 0 Å². The first-order chi connectivity index (χ1) is 11.2. The molecule has 0 aromatic heterocycles. The van der Waals surface area contributed by atoms with Gasteiger partial charge in [-0.15, -0.1) is 0 Å². The first-order valence-corrected chi connectivity index (χ1v) is 10.3. The van der Waals surface area contributed by atoms with Gasteiger partial charge in [-0.25, -0.2) is 0 Å². The van der Waals surface area contributed by atoms with Gasteiger partial charge < -0.3 is 4.79 Å². The number of hydrogen-bond acceptors (Lipinski definition) is 1. The van der Waals surface area contributed by atoms with Crippen LogP contribution < -0.4 is 0 Å². The van der Waals surface area contributed by atoms with Gasteiger partial charge in [0.15, 0.2) is 0 Å². The molecule has 1 heteroatoms. The molecule has 1 nitrogen and oxygen atoms in total. The minimum Gasteiger partial charge on any atom is -0.300 e. The quantitative estimate of drug-likeness (QED) is 0.460. The van der Waals surface area contributed by atoms with E-state index in [2.05, 4.69) is 40.7 Å². The molecular formula is C23H40O. The summed E-state index contributed by atoms with van der Waals surface area (Å²) in [5.74, 6) is 2.71. The molecule has 0 aromatic carbocycles. The summed E-state index contributed by atoms with van der Waals surface area (Å²) in [5.41, 5.74) is 2.65. The summed E-state index contributed by atoms with van der Waals surface area (Å²) < 4.78 is 0. The van der Waals surface area contributed by atoms with Crippen molar-refractivity contribution in [3.05, 3.63) is 11.6 Å². The van der Waals surface area contributed by atoms with Crippen molar-refractivity contribution in [1.82, 2.24) is 0 Å². The lowest BCUT2D eigenvalue weighted by atomic mass is 9.48. The standard InChI is InChI=1S/C23H40O/c1-17(9-7-10-19(3)24)11-13-20-18(2)12-14-21-22(4,5)15-8-16-23(20,21)6/h12,17,20-21H,7-11,13-16H2,1-6H3. The highest BCUT2D eigenvalue weighted by Crippen LogP contribution is 2.60. The number of Topliss-reactive ketones (excluding diaryl/α,β-unsaturated/α-hetero) is 1. The highest BCUT2D eigenvalue weighted by atomic mass is 16.1. The van der Waals surface area contributed by atoms with Crippen molar-refractivity contribution >= 4 is 5.78 Å². The van der Waals surface area contributed by atoms with Crippen LogP contribution in [0.25, 0.3) is 0 Å². The minimum atomic E-state index is 0.341. The molecule has 0 heterocycles. The molecule has 0 N–H and O–H groups in total. The van der Waals surface area contributed by atoms with Crippen LogP contribution in [0.15, 0.2) is 11.6 Å². The van der Waals surface area contributed by atoms with Crippen molar-refractivity contribution in [2.75, 3.05) is 0 Å². The summed E-state index contributed by atoms with van der Waals surface area (Å²) in [7, 11) is 0. The Morgan fingerprint density at radius 1 is 1.25 bits per heavy atom. The van der Waals surface area contributed by atoms with Crippen molar-refractivity contribution < 1.29 is 4.79 Å². The van der Waals surface area contributed by atoms with Crippen LogP contribution in [0.2, 0.25) is 0 Å². The molecule has 4 unspecified atom stereocenters. The molecule has 2 aliphatic rings. The average molecular weight is 333 g/mol. The molecule has 0 amide bonds. The Morgan fingerprint density at radius 2 is 1.96 bits per heavy atom. The highest BCUT2D eigenvalue weighted by Gasteiger charge is 2.51. The summed E-state index contributed by atoms with van der Waals surface area (Å²) in [4.78, 5) is 11.1. The molecule has 2 rings (SSSR count). The lowest BCUT2D eigenvalue weighted by Gasteiger charge is -2.57. The number of ketones is 1. The predicted octanol–water partition coefficient (Wildman–Crippen LogP) is 6.96. The number of rotatable bonds is 7. The van der Waals surface area contributed by atoms with Crippen molar-refractivity contribution in [1.29, 1.82) is 0 Å². The molecule has 0 aliphatic heterocycles. The molecule has 0 aromatic rings. The molecule has 138 valence electrons. The molecule has 1 saturated carbocycles. The van der Waals surface area contributed by atoms with Crippen LogP contribution in [0.5, 0.6) is 0 Å². The lowest BCUT2D eigenvalue weighted by molar-refractivity contribution is -0.117. The van der Waals surface area contributed by atoms with E-state index in [4.69, 9.17) is 0 Å². The highest BCUT2D eigenvalue weighted by molar-refractivity contribution is 5.75. The van der Waals surface area contributed by atoms with E-state index in [1.54, 1.807) is 12.5 Å². The Morgan fingerprint density at radius 3 is 2.62 bits per heavy atom. The first-order valence-electron chi connectivity index (χ1n) is 10.3. The number of carbonyl (C=O) groups is 1. The second-order valence-electron chi connectivity index (χ2n) is 9.91. The molecule has 1 fully saturated rings. The summed E-state index contributed by atoms with van der Waals surface area (Å²) in [6, 6.07) is 0. The first kappa shape index (κ1) is 19.7. The number of fused-ring (bicyclic) bond motifs is 1. The third-order valence-corrected chi connectivity index (χ3v) is 7.47. The molecule has 0 radical (unpaired) electrons. The zero-order valence-electron chi connectivity index (χ0n) is 17.1. The fourth-order valence-corrected chi connectivity index (χ4v) is 5.99. The van der Waals surface area contributed by atoms with Crippen molar-refractivity contribution in [3.63, 3.8) is 0 Å². The van der Waals surface area contributed by atoms with Gasteiger partial charge in [0.2, 0.25) is 0 Å². The van der Waals surface area contributed by atoms with E-state index in [0.717, 1.165) is 30.6 Å². The molecule has 0 saturated heterocycles. The van der Waals surface area contributed by atoms with Gasteiger partial charge in [-0.2, -0.15) is 0 Å². The van der Waals surface area contributed by atoms with Gasteiger partial charge in [0.25, 0.3) is 0 Å². The van der Waals surface area contributed by atoms with Crippen LogP contribution in [0.1, 0.15) is 99.3 Å². The molecular weight excluding hydrogens is 292 g/mol. The average Bonchev–Trinajstić information content (AvgIpc) is 2.45. The van der Waals surface area contributed by atoms with Gasteiger partial charge in [-0.1, -0.05) is 58.6 Å². The molecule has 0 bridgehead atoms. The fraction of sp³-hybridized carbons (Fsp3) is 0.870. The zero-order chi connectivity index (χ0) is 18.0. The summed E-state index contributed by atoms with van der Waals surface area (Å²) >= 11 is 0. The topological polar surface area (TPSA) is 17.1 Å². The van der Waals surface area contributed by atoms with Crippen molar-refractivity contribution in [3.8, 4) is 0 Å². The van der Waals surface area contributed by atoms with Gasteiger partial charge in [0.05, 0.1) is 0 Å². The second-order valence-corrected chi connectivity index (χ2v) is 9.91. The second kappa shape index (κ2) is 7.75. The van der Waals surface area contributed by atoms with Gasteiger partial charge >= 0.3 is 0 Å². The monoisotopic (exact) mass is 332 g/mol. The normalized spacial score (nSPS) is 33.5. The Balaban J connectivity index is 1.99. The molecule has 0 spiro atoms. The Kier molecular flexibility index (Phi) is 6.37. The van der Waals surface area contributed by atoms with Crippen LogP contribution in [0, 0.1) is 28.6 Å². The Bertz CT molecular complexity index is 472. The van der Waals surface area contributed by atoms with Crippen LogP contribution >= 0.6 is 0 Å². The zero-order valence-corrected chi connectivity index (χ0v) is 17.1. The van der Waals surface area contributed by atoms with E-state index in [0.29, 0.717) is 16.6 Å². The minimum absolute atomic E-state index is 0.341. The number of allylic oxidation sites excluding steroid dienone is 2. The molecule has 2 aliphatic carbocycles. The maximum atomic E-state index is 11.1. The molecule has 24 heavy (non-hydrogen) atoms. The van der Waals surface area contributed by atoms with Gasteiger partial charge in [0.1, 0.15) is 5.78 Å². The Labute approximate surface area is 150 Å². The predicted molar refractivity (Wildman–Crippen MR) is 104 cm³/mol. The van der Waals surface area contributed by atoms with E-state index in [9.17, 15) is 4.79 Å². The maximum Gasteiger partial charge on any atom is 0.129 e. The maximum absolute atomic E-state index is 11.1. The van der Waals surface area contributed by atoms with E-state index >= 15 is 0 Å². The van der Waals surface area contributed by atoms with E-state index in [1.165, 1.54) is 44.9 Å². The summed E-state index contributed by atoms with van der Waals surface area (Å²) in [6.07, 6.45) is 13.8. The SMILES string of the molecule is CC(=O)CCCC(C)CCC1C(C)=CCC2C(C)(C)CCCC12C. The smallest absolute Gasteiger partial charge is 0.129 e. The van der Waals surface area contributed by atoms with Crippen molar-refractivity contribution in [2.24, 2.45) is 28.6 Å². The summed E-state index contributed by atoms with van der Waals surface area (Å²) in [6.45, 7) is 14.1. The van der Waals surface area contributed by atoms with Crippen LogP contribution in [0.4, 0.5) is 0 Å². The largest absolute Gasteiger partial charge is 0.300 e. The van der Waals surface area contributed by atoms with Crippen LogP contribution in [-0.2, 0) is 4.79 Å². The van der Waals surface area contributed by atoms with E-state index in [-0.39, 0.29) is 0 Å². The molecule has 4 atom stereocenters. The fourth-order valence-electron chi connectivity index (χ4n) is 5.99. The van der Waals surface area contributed by atoms with Gasteiger partial charge in [0, 0.05) is 6.42 Å². The number of carbonyl (C=O) groups excluding carboxylic acids is 1. The third kappa shape index (κ3) is 4.33. The van der Waals surface area contributed by atoms with Gasteiger partial charge in [-0.3, -0.25) is 0 Å². The van der Waals surface area contributed by atoms with E-state index in [1.807, 2.05) is 0 Å². The van der Waals surface area contributed by atoms with Crippen LogP contribution in [-0.4, -0.2) is 5.78 Å².